The number of rotatable bonds is 4. The zero-order valence-electron chi connectivity index (χ0n) is 18.2. The maximum Gasteiger partial charge on any atom is 0.232 e. The van der Waals surface area contributed by atoms with Gasteiger partial charge in [0.2, 0.25) is 5.78 Å². The smallest absolute Gasteiger partial charge is 0.232 e. The Morgan fingerprint density at radius 1 is 1.06 bits per heavy atom. The normalized spacial score (nSPS) is 16.5. The second-order valence-corrected chi connectivity index (χ2v) is 8.43. The minimum Gasteiger partial charge on any atom is -0.478 e. The first-order valence-electron chi connectivity index (χ1n) is 10.7. The monoisotopic (exact) mass is 429 g/mol. The second-order valence-electron chi connectivity index (χ2n) is 8.43. The molecule has 0 fully saturated rings. The molecule has 3 aromatic rings. The molecule has 0 saturated carbocycles. The number of nitrogens with zero attached hydrogens (tertiary/aromatic N) is 1. The first-order valence-corrected chi connectivity index (χ1v) is 10.7. The zero-order chi connectivity index (χ0) is 22.2. The Morgan fingerprint density at radius 3 is 2.56 bits per heavy atom. The molecule has 0 aliphatic carbocycles. The third kappa shape index (κ3) is 3.92. The Bertz CT molecular complexity index is 1210. The fourth-order valence-corrected chi connectivity index (χ4v) is 4.17. The number of carbonyl (C=O) groups excluding carboxylic acids is 1. The van der Waals surface area contributed by atoms with Crippen molar-refractivity contribution in [3.8, 4) is 11.5 Å². The number of hydrogen-bond acceptors (Lipinski definition) is 4. The number of aryl methyl sites for hydroxylation is 2. The van der Waals surface area contributed by atoms with Gasteiger partial charge in [-0.15, -0.1) is 0 Å². The zero-order valence-corrected chi connectivity index (χ0v) is 18.2. The number of fused-ring (bicyclic) bond motifs is 3. The number of ether oxygens (including phenoxy) is 2. The Labute approximate surface area is 186 Å². The van der Waals surface area contributed by atoms with Crippen molar-refractivity contribution in [2.24, 2.45) is 0 Å². The number of halogens is 1. The lowest BCUT2D eigenvalue weighted by atomic mass is 9.98. The van der Waals surface area contributed by atoms with E-state index in [1.807, 2.05) is 44.2 Å². The molecule has 0 N–H and O–H groups in total. The highest BCUT2D eigenvalue weighted by molar-refractivity contribution is 6.15. The lowest BCUT2D eigenvalue weighted by molar-refractivity contribution is 0.0949. The van der Waals surface area contributed by atoms with E-state index in [2.05, 4.69) is 4.90 Å². The minimum absolute atomic E-state index is 0.0932. The summed E-state index contributed by atoms with van der Waals surface area (Å²) in [5.41, 5.74) is 5.53. The molecule has 2 aliphatic heterocycles. The highest BCUT2D eigenvalue weighted by Crippen LogP contribution is 2.44. The van der Waals surface area contributed by atoms with Crippen LogP contribution in [0.2, 0.25) is 0 Å². The first-order chi connectivity index (χ1) is 15.5. The standard InChI is InChI=1S/C27H24FNO3/c1-17-3-5-20(6-4-17)14-24-26(30)25-18(2)13-23-22(27(25)32-24)15-29(16-31-23)12-11-19-7-9-21(28)10-8-19/h3-10,13-14H,11-12,15-16H2,1-2H3/b24-14+. The summed E-state index contributed by atoms with van der Waals surface area (Å²) in [7, 11) is 0. The summed E-state index contributed by atoms with van der Waals surface area (Å²) < 4.78 is 25.3. The molecular formula is C27H24FNO3. The van der Waals surface area contributed by atoms with Gasteiger partial charge in [-0.1, -0.05) is 42.0 Å². The molecule has 5 rings (SSSR count). The highest BCUT2D eigenvalue weighted by atomic mass is 19.1. The average Bonchev–Trinajstić information content (AvgIpc) is 3.12. The van der Waals surface area contributed by atoms with E-state index >= 15 is 0 Å². The van der Waals surface area contributed by atoms with Gasteiger partial charge in [0.15, 0.2) is 5.76 Å². The van der Waals surface area contributed by atoms with E-state index in [9.17, 15) is 9.18 Å². The van der Waals surface area contributed by atoms with Gasteiger partial charge >= 0.3 is 0 Å². The van der Waals surface area contributed by atoms with Crippen LogP contribution in [0.25, 0.3) is 6.08 Å². The quantitative estimate of drug-likeness (QED) is 0.517. The van der Waals surface area contributed by atoms with E-state index < -0.39 is 0 Å². The number of benzene rings is 3. The molecule has 0 saturated heterocycles. The molecule has 0 unspecified atom stereocenters. The van der Waals surface area contributed by atoms with Gasteiger partial charge in [0.05, 0.1) is 11.1 Å². The number of Topliss-reactive ketones (excluding diaryl/α,β-unsaturated/α-hetero) is 1. The SMILES string of the molecule is Cc1ccc(/C=C2/Oc3c4c(cc(C)c3C2=O)OCN(CCc2ccc(F)cc2)C4)cc1. The van der Waals surface area contributed by atoms with Gasteiger partial charge in [0.25, 0.3) is 0 Å². The van der Waals surface area contributed by atoms with Crippen LogP contribution in [0.5, 0.6) is 11.5 Å². The Hall–Kier alpha value is -3.44. The fraction of sp³-hybridized carbons (Fsp3) is 0.222. The van der Waals surface area contributed by atoms with Crippen LogP contribution in [0.15, 0.2) is 60.4 Å². The van der Waals surface area contributed by atoms with Crippen LogP contribution in [0.1, 0.15) is 38.2 Å². The lowest BCUT2D eigenvalue weighted by Gasteiger charge is -2.30. The van der Waals surface area contributed by atoms with Crippen LogP contribution in [0.4, 0.5) is 4.39 Å². The van der Waals surface area contributed by atoms with Gasteiger partial charge < -0.3 is 9.47 Å². The Morgan fingerprint density at radius 2 is 1.81 bits per heavy atom. The summed E-state index contributed by atoms with van der Waals surface area (Å²) in [6.07, 6.45) is 2.58. The van der Waals surface area contributed by atoms with Crippen LogP contribution in [0, 0.1) is 19.7 Å². The summed E-state index contributed by atoms with van der Waals surface area (Å²) in [5.74, 6) is 1.39. The van der Waals surface area contributed by atoms with Crippen molar-refractivity contribution in [3.63, 3.8) is 0 Å². The van der Waals surface area contributed by atoms with Crippen LogP contribution >= 0.6 is 0 Å². The largest absolute Gasteiger partial charge is 0.478 e. The molecule has 4 nitrogen and oxygen atoms in total. The van der Waals surface area contributed by atoms with Crippen molar-refractivity contribution in [2.45, 2.75) is 26.8 Å². The summed E-state index contributed by atoms with van der Waals surface area (Å²) in [6, 6.07) is 16.5. The van der Waals surface area contributed by atoms with E-state index in [1.54, 1.807) is 18.2 Å². The highest BCUT2D eigenvalue weighted by Gasteiger charge is 2.35. The molecule has 32 heavy (non-hydrogen) atoms. The molecule has 0 radical (unpaired) electrons. The molecule has 162 valence electrons. The summed E-state index contributed by atoms with van der Waals surface area (Å²) >= 11 is 0. The van der Waals surface area contributed by atoms with Crippen molar-refractivity contribution in [2.75, 3.05) is 13.3 Å². The van der Waals surface area contributed by atoms with E-state index in [0.29, 0.717) is 30.3 Å². The summed E-state index contributed by atoms with van der Waals surface area (Å²) in [4.78, 5) is 15.3. The molecular weight excluding hydrogens is 405 g/mol. The number of allylic oxidation sites excluding steroid dienone is 1. The summed E-state index contributed by atoms with van der Waals surface area (Å²) in [6.45, 7) is 5.80. The van der Waals surface area contributed by atoms with Crippen molar-refractivity contribution in [3.05, 3.63) is 99.6 Å². The molecule has 0 amide bonds. The first kappa shape index (κ1) is 20.5. The number of hydrogen-bond donors (Lipinski definition) is 0. The number of ketones is 1. The molecule has 2 aliphatic rings. The molecule has 3 aromatic carbocycles. The van der Waals surface area contributed by atoms with Gasteiger partial charge in [0.1, 0.15) is 24.0 Å². The molecule has 5 heteroatoms. The maximum absolute atomic E-state index is 13.1. The van der Waals surface area contributed by atoms with Crippen LogP contribution in [-0.2, 0) is 13.0 Å². The van der Waals surface area contributed by atoms with Crippen molar-refractivity contribution >= 4 is 11.9 Å². The van der Waals surface area contributed by atoms with Crippen molar-refractivity contribution in [1.82, 2.24) is 4.90 Å². The van der Waals surface area contributed by atoms with Crippen molar-refractivity contribution < 1.29 is 18.7 Å². The number of carbonyl (C=O) groups is 1. The van der Waals surface area contributed by atoms with E-state index in [0.717, 1.165) is 46.5 Å². The Balaban J connectivity index is 1.39. The van der Waals surface area contributed by atoms with Gasteiger partial charge in [-0.3, -0.25) is 9.69 Å². The predicted molar refractivity (Wildman–Crippen MR) is 121 cm³/mol. The van der Waals surface area contributed by atoms with Gasteiger partial charge in [-0.05, 0) is 61.2 Å². The third-order valence-electron chi connectivity index (χ3n) is 5.99. The van der Waals surface area contributed by atoms with Gasteiger partial charge in [0, 0.05) is 13.1 Å². The van der Waals surface area contributed by atoms with E-state index in [1.165, 1.54) is 12.1 Å². The fourth-order valence-electron chi connectivity index (χ4n) is 4.17. The van der Waals surface area contributed by atoms with Crippen molar-refractivity contribution in [1.29, 1.82) is 0 Å². The lowest BCUT2D eigenvalue weighted by Crippen LogP contribution is -2.33. The van der Waals surface area contributed by atoms with E-state index in [-0.39, 0.29) is 11.6 Å². The molecule has 0 aromatic heterocycles. The van der Waals surface area contributed by atoms with Crippen LogP contribution < -0.4 is 9.47 Å². The van der Waals surface area contributed by atoms with Gasteiger partial charge in [-0.2, -0.15) is 0 Å². The van der Waals surface area contributed by atoms with E-state index in [4.69, 9.17) is 9.47 Å². The topological polar surface area (TPSA) is 38.8 Å². The minimum atomic E-state index is -0.230. The third-order valence-corrected chi connectivity index (χ3v) is 5.99. The van der Waals surface area contributed by atoms with Crippen LogP contribution in [0.3, 0.4) is 0 Å². The summed E-state index contributed by atoms with van der Waals surface area (Å²) in [5, 5.41) is 0. The molecule has 0 bridgehead atoms. The molecule has 2 heterocycles. The molecule has 0 atom stereocenters. The average molecular weight is 429 g/mol. The maximum atomic E-state index is 13.1. The van der Waals surface area contributed by atoms with Gasteiger partial charge in [-0.25, -0.2) is 4.39 Å². The Kier molecular flexibility index (Phi) is 5.27. The second kappa shape index (κ2) is 8.24. The molecule has 0 spiro atoms. The van der Waals surface area contributed by atoms with Crippen LogP contribution in [-0.4, -0.2) is 24.0 Å². The predicted octanol–water partition coefficient (Wildman–Crippen LogP) is 5.45.